The van der Waals surface area contributed by atoms with Crippen LogP contribution in [0.1, 0.15) is 11.3 Å². The zero-order valence-electron chi connectivity index (χ0n) is 9.58. The summed E-state index contributed by atoms with van der Waals surface area (Å²) in [7, 11) is 0. The van der Waals surface area contributed by atoms with Gasteiger partial charge in [-0.3, -0.25) is 0 Å². The summed E-state index contributed by atoms with van der Waals surface area (Å²) in [5, 5.41) is 2.73. The predicted octanol–water partition coefficient (Wildman–Crippen LogP) is 3.98. The van der Waals surface area contributed by atoms with E-state index in [2.05, 4.69) is 15.3 Å². The summed E-state index contributed by atoms with van der Waals surface area (Å²) < 4.78 is 37.5. The first kappa shape index (κ1) is 13.6. The Morgan fingerprint density at radius 3 is 2.58 bits per heavy atom. The number of rotatable bonds is 3. The first-order valence-electron chi connectivity index (χ1n) is 5.32. The molecule has 0 spiro atoms. The third kappa shape index (κ3) is 3.35. The second kappa shape index (κ2) is 5.44. The standard InChI is InChI=1S/C12H9ClF3N3/c13-7-8-3-1-2-4-9(8)18-11-17-6-5-10(19-11)12(14,15)16/h1-6H,7H2,(H,17,18,19). The van der Waals surface area contributed by atoms with Crippen molar-refractivity contribution < 1.29 is 13.2 Å². The smallest absolute Gasteiger partial charge is 0.324 e. The van der Waals surface area contributed by atoms with Gasteiger partial charge in [-0.15, -0.1) is 11.6 Å². The molecule has 0 saturated heterocycles. The molecule has 2 rings (SSSR count). The fraction of sp³-hybridized carbons (Fsp3) is 0.167. The van der Waals surface area contributed by atoms with Crippen LogP contribution >= 0.6 is 11.6 Å². The molecule has 1 N–H and O–H groups in total. The fourth-order valence-corrected chi connectivity index (χ4v) is 1.69. The van der Waals surface area contributed by atoms with E-state index >= 15 is 0 Å². The lowest BCUT2D eigenvalue weighted by Crippen LogP contribution is -2.10. The zero-order valence-corrected chi connectivity index (χ0v) is 10.3. The van der Waals surface area contributed by atoms with Gasteiger partial charge < -0.3 is 5.32 Å². The molecule has 0 amide bonds. The van der Waals surface area contributed by atoms with Gasteiger partial charge >= 0.3 is 6.18 Å². The van der Waals surface area contributed by atoms with Crippen LogP contribution in [0.15, 0.2) is 36.5 Å². The van der Waals surface area contributed by atoms with Gasteiger partial charge in [-0.2, -0.15) is 13.2 Å². The largest absolute Gasteiger partial charge is 0.433 e. The minimum Gasteiger partial charge on any atom is -0.324 e. The number of para-hydroxylation sites is 1. The van der Waals surface area contributed by atoms with E-state index in [1.54, 1.807) is 24.3 Å². The highest BCUT2D eigenvalue weighted by Crippen LogP contribution is 2.28. The SMILES string of the molecule is FC(F)(F)c1ccnc(Nc2ccccc2CCl)n1. The first-order valence-corrected chi connectivity index (χ1v) is 5.85. The van der Waals surface area contributed by atoms with Crippen LogP contribution < -0.4 is 5.32 Å². The number of halogens is 4. The summed E-state index contributed by atoms with van der Waals surface area (Å²) in [5.74, 6) is 0.120. The molecular weight excluding hydrogens is 279 g/mol. The number of nitrogens with one attached hydrogen (secondary N) is 1. The number of hydrogen-bond donors (Lipinski definition) is 1. The third-order valence-corrected chi connectivity index (χ3v) is 2.64. The molecule has 0 saturated carbocycles. The summed E-state index contributed by atoms with van der Waals surface area (Å²) >= 11 is 5.74. The van der Waals surface area contributed by atoms with Crippen molar-refractivity contribution >= 4 is 23.2 Å². The van der Waals surface area contributed by atoms with Crippen LogP contribution in [0.2, 0.25) is 0 Å². The summed E-state index contributed by atoms with van der Waals surface area (Å²) in [6.45, 7) is 0. The molecule has 0 bridgehead atoms. The third-order valence-electron chi connectivity index (χ3n) is 2.35. The number of anilines is 2. The number of benzene rings is 1. The van der Waals surface area contributed by atoms with E-state index in [1.807, 2.05) is 0 Å². The van der Waals surface area contributed by atoms with E-state index in [-0.39, 0.29) is 11.8 Å². The quantitative estimate of drug-likeness (QED) is 0.868. The van der Waals surface area contributed by atoms with Gasteiger partial charge in [0, 0.05) is 17.8 Å². The van der Waals surface area contributed by atoms with Crippen molar-refractivity contribution in [3.8, 4) is 0 Å². The van der Waals surface area contributed by atoms with Gasteiger partial charge in [0.1, 0.15) is 5.69 Å². The monoisotopic (exact) mass is 287 g/mol. The maximum Gasteiger partial charge on any atom is 0.433 e. The fourth-order valence-electron chi connectivity index (χ4n) is 1.46. The summed E-state index contributed by atoms with van der Waals surface area (Å²) in [5.41, 5.74) is 0.343. The van der Waals surface area contributed by atoms with Crippen molar-refractivity contribution in [3.05, 3.63) is 47.8 Å². The molecule has 1 aromatic heterocycles. The van der Waals surface area contributed by atoms with E-state index in [4.69, 9.17) is 11.6 Å². The van der Waals surface area contributed by atoms with Gasteiger partial charge in [0.25, 0.3) is 0 Å². The van der Waals surface area contributed by atoms with E-state index in [9.17, 15) is 13.2 Å². The normalized spacial score (nSPS) is 11.4. The molecule has 1 aromatic carbocycles. The Kier molecular flexibility index (Phi) is 3.90. The number of alkyl halides is 4. The molecular formula is C12H9ClF3N3. The highest BCUT2D eigenvalue weighted by atomic mass is 35.5. The maximum atomic E-state index is 12.5. The molecule has 1 heterocycles. The van der Waals surface area contributed by atoms with Gasteiger partial charge in [0.2, 0.25) is 5.95 Å². The van der Waals surface area contributed by atoms with Gasteiger partial charge in [-0.05, 0) is 17.7 Å². The van der Waals surface area contributed by atoms with Crippen LogP contribution in [0.3, 0.4) is 0 Å². The average molecular weight is 288 g/mol. The van der Waals surface area contributed by atoms with Crippen molar-refractivity contribution in [1.82, 2.24) is 9.97 Å². The van der Waals surface area contributed by atoms with Crippen LogP contribution in [0, 0.1) is 0 Å². The topological polar surface area (TPSA) is 37.8 Å². The average Bonchev–Trinajstić information content (AvgIpc) is 2.39. The lowest BCUT2D eigenvalue weighted by atomic mass is 10.2. The number of hydrogen-bond acceptors (Lipinski definition) is 3. The lowest BCUT2D eigenvalue weighted by molar-refractivity contribution is -0.141. The van der Waals surface area contributed by atoms with E-state index in [0.717, 1.165) is 17.8 Å². The molecule has 19 heavy (non-hydrogen) atoms. The van der Waals surface area contributed by atoms with Crippen LogP contribution in [0.4, 0.5) is 24.8 Å². The van der Waals surface area contributed by atoms with E-state index in [1.165, 1.54) is 0 Å². The lowest BCUT2D eigenvalue weighted by Gasteiger charge is -2.10. The highest BCUT2D eigenvalue weighted by Gasteiger charge is 2.32. The Bertz CT molecular complexity index is 572. The predicted molar refractivity (Wildman–Crippen MR) is 66.3 cm³/mol. The molecule has 7 heteroatoms. The second-order valence-corrected chi connectivity index (χ2v) is 3.95. The second-order valence-electron chi connectivity index (χ2n) is 3.68. The molecule has 3 nitrogen and oxygen atoms in total. The summed E-state index contributed by atoms with van der Waals surface area (Å²) in [6, 6.07) is 7.81. The molecule has 0 atom stereocenters. The van der Waals surface area contributed by atoms with Gasteiger partial charge in [0.05, 0.1) is 0 Å². The summed E-state index contributed by atoms with van der Waals surface area (Å²) in [6.07, 6.45) is -3.44. The van der Waals surface area contributed by atoms with Crippen molar-refractivity contribution in [3.63, 3.8) is 0 Å². The maximum absolute atomic E-state index is 12.5. The molecule has 0 aliphatic heterocycles. The highest BCUT2D eigenvalue weighted by molar-refractivity contribution is 6.17. The van der Waals surface area contributed by atoms with Crippen molar-refractivity contribution in [1.29, 1.82) is 0 Å². The van der Waals surface area contributed by atoms with Crippen LogP contribution in [-0.2, 0) is 12.1 Å². The molecule has 100 valence electrons. The van der Waals surface area contributed by atoms with Gasteiger partial charge in [-0.25, -0.2) is 9.97 Å². The van der Waals surface area contributed by atoms with Crippen molar-refractivity contribution in [2.24, 2.45) is 0 Å². The van der Waals surface area contributed by atoms with Gasteiger partial charge in [-0.1, -0.05) is 18.2 Å². The molecule has 0 unspecified atom stereocenters. The Labute approximate surface area is 112 Å². The minimum atomic E-state index is -4.49. The minimum absolute atomic E-state index is 0.118. The zero-order chi connectivity index (χ0) is 13.9. The Hall–Kier alpha value is -1.82. The molecule has 0 aliphatic carbocycles. The van der Waals surface area contributed by atoms with Crippen LogP contribution in [0.25, 0.3) is 0 Å². The molecule has 0 aliphatic rings. The Morgan fingerprint density at radius 2 is 1.89 bits per heavy atom. The molecule has 0 fully saturated rings. The molecule has 0 radical (unpaired) electrons. The Morgan fingerprint density at radius 1 is 1.16 bits per heavy atom. The summed E-state index contributed by atoms with van der Waals surface area (Å²) in [4.78, 5) is 7.18. The van der Waals surface area contributed by atoms with E-state index in [0.29, 0.717) is 5.69 Å². The number of nitrogens with zero attached hydrogens (tertiary/aromatic N) is 2. The van der Waals surface area contributed by atoms with Crippen molar-refractivity contribution in [2.45, 2.75) is 12.1 Å². The van der Waals surface area contributed by atoms with Crippen molar-refractivity contribution in [2.75, 3.05) is 5.32 Å². The molecule has 2 aromatic rings. The Balaban J connectivity index is 2.29. The van der Waals surface area contributed by atoms with E-state index < -0.39 is 11.9 Å². The van der Waals surface area contributed by atoms with Crippen LogP contribution in [0.5, 0.6) is 0 Å². The van der Waals surface area contributed by atoms with Gasteiger partial charge in [0.15, 0.2) is 0 Å². The number of aromatic nitrogens is 2. The first-order chi connectivity index (χ1) is 9.00. The van der Waals surface area contributed by atoms with Crippen LogP contribution in [-0.4, -0.2) is 9.97 Å².